The van der Waals surface area contributed by atoms with Gasteiger partial charge < -0.3 is 20.4 Å². The Morgan fingerprint density at radius 2 is 2.11 bits per heavy atom. The first kappa shape index (κ1) is 18.3. The molecule has 3 aliphatic heterocycles. The van der Waals surface area contributed by atoms with E-state index in [0.717, 1.165) is 49.6 Å². The van der Waals surface area contributed by atoms with Crippen LogP contribution in [0.4, 0.5) is 11.4 Å². The predicted octanol–water partition coefficient (Wildman–Crippen LogP) is 2.46. The zero-order chi connectivity index (χ0) is 18.8. The van der Waals surface area contributed by atoms with Crippen LogP contribution in [-0.4, -0.2) is 55.5 Å². The summed E-state index contributed by atoms with van der Waals surface area (Å²) in [5.74, 6) is 0.769. The summed E-state index contributed by atoms with van der Waals surface area (Å²) in [7, 11) is 0. The molecule has 6 heteroatoms. The molecule has 2 saturated heterocycles. The van der Waals surface area contributed by atoms with Gasteiger partial charge in [0.2, 0.25) is 5.91 Å². The molecule has 0 saturated carbocycles. The van der Waals surface area contributed by atoms with Gasteiger partial charge in [0.05, 0.1) is 11.4 Å². The van der Waals surface area contributed by atoms with Crippen molar-refractivity contribution in [2.24, 2.45) is 5.92 Å². The molecular weight excluding hydrogens is 340 g/mol. The van der Waals surface area contributed by atoms with Gasteiger partial charge in [-0.05, 0) is 69.3 Å². The van der Waals surface area contributed by atoms with Crippen LogP contribution in [0.25, 0.3) is 0 Å². The average molecular weight is 370 g/mol. The van der Waals surface area contributed by atoms with Crippen LogP contribution in [-0.2, 0) is 4.79 Å². The van der Waals surface area contributed by atoms with E-state index in [4.69, 9.17) is 0 Å². The maximum absolute atomic E-state index is 12.5. The molecule has 3 heterocycles. The second kappa shape index (κ2) is 7.89. The number of nitrogens with zero attached hydrogens (tertiary/aromatic N) is 2. The number of carbonyl (C=O) groups excluding carboxylic acids is 2. The van der Waals surface area contributed by atoms with E-state index in [2.05, 4.69) is 27.4 Å². The van der Waals surface area contributed by atoms with E-state index in [1.807, 2.05) is 18.2 Å². The Morgan fingerprint density at radius 1 is 1.26 bits per heavy atom. The lowest BCUT2D eigenvalue weighted by Gasteiger charge is -2.33. The Morgan fingerprint density at radius 3 is 2.96 bits per heavy atom. The molecule has 0 radical (unpaired) electrons. The van der Waals surface area contributed by atoms with Gasteiger partial charge >= 0.3 is 0 Å². The highest BCUT2D eigenvalue weighted by molar-refractivity contribution is 6.06. The van der Waals surface area contributed by atoms with E-state index in [0.29, 0.717) is 12.1 Å². The molecule has 2 atom stereocenters. The third-order valence-corrected chi connectivity index (χ3v) is 6.06. The predicted molar refractivity (Wildman–Crippen MR) is 107 cm³/mol. The van der Waals surface area contributed by atoms with Crippen molar-refractivity contribution in [1.82, 2.24) is 10.2 Å². The minimum absolute atomic E-state index is 0.0466. The number of hydrogen-bond donors (Lipinski definition) is 2. The number of fused-ring (bicyclic) bond motifs is 3. The van der Waals surface area contributed by atoms with Crippen molar-refractivity contribution >= 4 is 23.2 Å². The van der Waals surface area contributed by atoms with Crippen LogP contribution in [0, 0.1) is 5.92 Å². The first-order valence-corrected chi connectivity index (χ1v) is 10.3. The van der Waals surface area contributed by atoms with Crippen molar-refractivity contribution in [3.05, 3.63) is 23.8 Å². The maximum Gasteiger partial charge on any atom is 0.251 e. The molecule has 0 spiro atoms. The fraction of sp³-hybridized carbons (Fsp3) is 0.619. The molecule has 4 rings (SSSR count). The Kier molecular flexibility index (Phi) is 5.34. The number of nitrogens with one attached hydrogen (secondary N) is 2. The molecule has 27 heavy (non-hydrogen) atoms. The smallest absolute Gasteiger partial charge is 0.251 e. The summed E-state index contributed by atoms with van der Waals surface area (Å²) >= 11 is 0. The van der Waals surface area contributed by atoms with Gasteiger partial charge in [-0.1, -0.05) is 6.92 Å². The third-order valence-electron chi connectivity index (χ3n) is 6.06. The van der Waals surface area contributed by atoms with Crippen molar-refractivity contribution in [2.45, 2.75) is 45.1 Å². The number of benzene rings is 1. The molecule has 0 unspecified atom stereocenters. The maximum atomic E-state index is 12.5. The van der Waals surface area contributed by atoms with Gasteiger partial charge in [-0.15, -0.1) is 0 Å². The normalized spacial score (nSPS) is 24.9. The van der Waals surface area contributed by atoms with Crippen LogP contribution in [0.2, 0.25) is 0 Å². The molecule has 0 aliphatic carbocycles. The van der Waals surface area contributed by atoms with E-state index in [1.54, 1.807) is 0 Å². The van der Waals surface area contributed by atoms with Gasteiger partial charge in [-0.2, -0.15) is 0 Å². The van der Waals surface area contributed by atoms with Crippen molar-refractivity contribution in [1.29, 1.82) is 0 Å². The number of anilines is 2. The quantitative estimate of drug-likeness (QED) is 0.782. The van der Waals surface area contributed by atoms with Gasteiger partial charge in [0.15, 0.2) is 0 Å². The molecule has 146 valence electrons. The molecule has 0 aromatic heterocycles. The molecule has 6 nitrogen and oxygen atoms in total. The topological polar surface area (TPSA) is 64.7 Å². The van der Waals surface area contributed by atoms with Crippen LogP contribution in [0.3, 0.4) is 0 Å². The molecular formula is C21H30N4O2. The highest BCUT2D eigenvalue weighted by atomic mass is 16.2. The zero-order valence-corrected chi connectivity index (χ0v) is 16.2. The van der Waals surface area contributed by atoms with Gasteiger partial charge in [0.25, 0.3) is 5.91 Å². The first-order valence-electron chi connectivity index (χ1n) is 10.3. The largest absolute Gasteiger partial charge is 0.358 e. The molecule has 2 amide bonds. The van der Waals surface area contributed by atoms with Crippen molar-refractivity contribution in [3.63, 3.8) is 0 Å². The average Bonchev–Trinajstić information content (AvgIpc) is 3.15. The molecule has 1 aromatic rings. The van der Waals surface area contributed by atoms with E-state index in [9.17, 15) is 9.59 Å². The van der Waals surface area contributed by atoms with Crippen LogP contribution in [0.15, 0.2) is 18.2 Å². The van der Waals surface area contributed by atoms with Gasteiger partial charge in [0.1, 0.15) is 6.04 Å². The molecule has 1 aromatic carbocycles. The Balaban J connectivity index is 1.30. The highest BCUT2D eigenvalue weighted by Crippen LogP contribution is 2.37. The standard InChI is InChI=1S/C21H30N4O2/c1-15-5-2-10-24(14-15)11-4-9-22-20(26)16-7-8-18-17(13-16)23-21(27)19-6-3-12-25(18)19/h7-8,13,15,19H,2-6,9-12,14H2,1H3,(H,22,26)(H,23,27)/t15-,19+/m1/s1. The minimum Gasteiger partial charge on any atom is -0.358 e. The minimum atomic E-state index is -0.0670. The first-order chi connectivity index (χ1) is 13.1. The highest BCUT2D eigenvalue weighted by Gasteiger charge is 2.36. The number of piperidine rings is 1. The fourth-order valence-corrected chi connectivity index (χ4v) is 4.67. The van der Waals surface area contributed by atoms with E-state index in [-0.39, 0.29) is 17.9 Å². The lowest BCUT2D eigenvalue weighted by Crippen LogP contribution is -2.44. The summed E-state index contributed by atoms with van der Waals surface area (Å²) in [5, 5.41) is 6.00. The SMILES string of the molecule is C[C@@H]1CCCN(CCCNC(=O)c2ccc3c(c2)NC(=O)[C@@H]2CCCN32)C1. The molecule has 0 bridgehead atoms. The summed E-state index contributed by atoms with van der Waals surface area (Å²) < 4.78 is 0. The number of hydrogen-bond acceptors (Lipinski definition) is 4. The number of rotatable bonds is 5. The van der Waals surface area contributed by atoms with Gasteiger partial charge in [0, 0.05) is 25.2 Å². The lowest BCUT2D eigenvalue weighted by atomic mass is 10.0. The summed E-state index contributed by atoms with van der Waals surface area (Å²) in [6.07, 6.45) is 5.53. The van der Waals surface area contributed by atoms with Crippen LogP contribution >= 0.6 is 0 Å². The fourth-order valence-electron chi connectivity index (χ4n) is 4.67. The number of carbonyl (C=O) groups is 2. The number of amides is 2. The van der Waals surface area contributed by atoms with E-state index >= 15 is 0 Å². The van der Waals surface area contributed by atoms with Crippen LogP contribution < -0.4 is 15.5 Å². The van der Waals surface area contributed by atoms with Gasteiger partial charge in [-0.25, -0.2) is 0 Å². The van der Waals surface area contributed by atoms with Crippen LogP contribution in [0.5, 0.6) is 0 Å². The van der Waals surface area contributed by atoms with Gasteiger partial charge in [-0.3, -0.25) is 9.59 Å². The van der Waals surface area contributed by atoms with Crippen LogP contribution in [0.1, 0.15) is 49.4 Å². The summed E-state index contributed by atoms with van der Waals surface area (Å²) in [6.45, 7) is 7.30. The van der Waals surface area contributed by atoms with Crippen molar-refractivity contribution in [2.75, 3.05) is 42.9 Å². The number of likely N-dealkylation sites (tertiary alicyclic amines) is 1. The molecule has 2 N–H and O–H groups in total. The monoisotopic (exact) mass is 370 g/mol. The van der Waals surface area contributed by atoms with Crippen molar-refractivity contribution in [3.8, 4) is 0 Å². The van der Waals surface area contributed by atoms with E-state index in [1.165, 1.54) is 25.9 Å². The second-order valence-electron chi connectivity index (χ2n) is 8.23. The second-order valence-corrected chi connectivity index (χ2v) is 8.23. The molecule has 3 aliphatic rings. The zero-order valence-electron chi connectivity index (χ0n) is 16.2. The Bertz CT molecular complexity index is 720. The summed E-state index contributed by atoms with van der Waals surface area (Å²) in [5.41, 5.74) is 2.40. The van der Waals surface area contributed by atoms with Crippen molar-refractivity contribution < 1.29 is 9.59 Å². The Labute approximate surface area is 161 Å². The van der Waals surface area contributed by atoms with E-state index < -0.39 is 0 Å². The Hall–Kier alpha value is -2.08. The third kappa shape index (κ3) is 3.95. The summed E-state index contributed by atoms with van der Waals surface area (Å²) in [6, 6.07) is 5.60. The lowest BCUT2D eigenvalue weighted by molar-refractivity contribution is -0.117. The molecule has 2 fully saturated rings. The summed E-state index contributed by atoms with van der Waals surface area (Å²) in [4.78, 5) is 29.4.